The normalized spacial score (nSPS) is 9.89. The van der Waals surface area contributed by atoms with Gasteiger partial charge in [-0.2, -0.15) is 4.99 Å². The van der Waals surface area contributed by atoms with E-state index in [1.807, 2.05) is 18.2 Å². The third kappa shape index (κ3) is 4.27. The van der Waals surface area contributed by atoms with Gasteiger partial charge >= 0.3 is 0 Å². The number of benzene rings is 3. The van der Waals surface area contributed by atoms with Crippen LogP contribution in [-0.2, 0) is 0 Å². The van der Waals surface area contributed by atoms with Crippen molar-refractivity contribution in [3.05, 3.63) is 82.9 Å². The van der Waals surface area contributed by atoms with Gasteiger partial charge in [-0.3, -0.25) is 0 Å². The molecule has 2 nitrogen and oxygen atoms in total. The molecule has 0 spiro atoms. The zero-order valence-corrected chi connectivity index (χ0v) is 15.1. The summed E-state index contributed by atoms with van der Waals surface area (Å²) in [5.74, 6) is 4.67. The number of aromatic hydroxyl groups is 1. The van der Waals surface area contributed by atoms with Crippen molar-refractivity contribution in [3.63, 3.8) is 0 Å². The highest BCUT2D eigenvalue weighted by molar-refractivity contribution is 7.78. The monoisotopic (exact) mass is 377 g/mol. The summed E-state index contributed by atoms with van der Waals surface area (Å²) in [6.07, 6.45) is 0. The second-order valence-corrected chi connectivity index (χ2v) is 6.00. The first kappa shape index (κ1) is 18.5. The molecule has 0 aliphatic carbocycles. The van der Waals surface area contributed by atoms with Crippen molar-refractivity contribution in [2.24, 2.45) is 4.99 Å². The Morgan fingerprint density at radius 1 is 0.889 bits per heavy atom. The van der Waals surface area contributed by atoms with E-state index in [0.717, 1.165) is 16.7 Å². The van der Waals surface area contributed by atoms with Gasteiger partial charge < -0.3 is 5.11 Å². The molecule has 0 aliphatic rings. The summed E-state index contributed by atoms with van der Waals surface area (Å²) in [4.78, 5) is 3.41. The Morgan fingerprint density at radius 2 is 1.56 bits per heavy atom. The number of hydrogen-bond acceptors (Lipinski definition) is 3. The van der Waals surface area contributed by atoms with Crippen LogP contribution in [0, 0.1) is 30.4 Å². The van der Waals surface area contributed by atoms with Gasteiger partial charge in [0.05, 0.1) is 5.16 Å². The van der Waals surface area contributed by atoms with E-state index in [9.17, 15) is 13.9 Å². The highest BCUT2D eigenvalue weighted by Crippen LogP contribution is 2.30. The number of halogens is 2. The van der Waals surface area contributed by atoms with Crippen molar-refractivity contribution in [3.8, 4) is 28.7 Å². The zero-order chi connectivity index (χ0) is 19.4. The van der Waals surface area contributed by atoms with Crippen LogP contribution < -0.4 is 0 Å². The number of phenols is 1. The van der Waals surface area contributed by atoms with Gasteiger partial charge in [-0.15, -0.1) is 0 Å². The average Bonchev–Trinajstić information content (AvgIpc) is 2.65. The van der Waals surface area contributed by atoms with Crippen LogP contribution in [0.15, 0.2) is 59.6 Å². The predicted molar refractivity (Wildman–Crippen MR) is 105 cm³/mol. The van der Waals surface area contributed by atoms with E-state index >= 15 is 0 Å². The molecule has 3 rings (SSSR count). The van der Waals surface area contributed by atoms with Crippen LogP contribution in [0.3, 0.4) is 0 Å². The minimum atomic E-state index is -0.795. The largest absolute Gasteiger partial charge is 0.508 e. The van der Waals surface area contributed by atoms with E-state index in [1.165, 1.54) is 12.1 Å². The second kappa shape index (κ2) is 7.92. The number of nitrogens with zero attached hydrogens (tertiary/aromatic N) is 1. The molecule has 27 heavy (non-hydrogen) atoms. The van der Waals surface area contributed by atoms with Gasteiger partial charge in [-0.05, 0) is 78.3 Å². The fraction of sp³-hybridized carbons (Fsp3) is 0.0455. The minimum absolute atomic E-state index is 0.183. The summed E-state index contributed by atoms with van der Waals surface area (Å²) < 4.78 is 28.1. The van der Waals surface area contributed by atoms with Crippen molar-refractivity contribution < 1.29 is 13.9 Å². The first-order valence-corrected chi connectivity index (χ1v) is 8.38. The number of aryl methyl sites for hydroxylation is 1. The molecule has 0 radical (unpaired) electrons. The first-order chi connectivity index (χ1) is 13.0. The van der Waals surface area contributed by atoms with E-state index in [0.29, 0.717) is 11.1 Å². The van der Waals surface area contributed by atoms with Gasteiger partial charge in [-0.25, -0.2) is 8.78 Å². The molecule has 0 bridgehead atoms. The maximum atomic E-state index is 14.0. The lowest BCUT2D eigenvalue weighted by molar-refractivity contribution is 0.475. The Balaban J connectivity index is 1.94. The van der Waals surface area contributed by atoms with E-state index < -0.39 is 17.3 Å². The lowest BCUT2D eigenvalue weighted by Gasteiger charge is -2.07. The van der Waals surface area contributed by atoms with Gasteiger partial charge in [0.1, 0.15) is 11.4 Å². The molecule has 0 amide bonds. The van der Waals surface area contributed by atoms with E-state index in [1.54, 1.807) is 36.4 Å². The molecule has 0 saturated heterocycles. The molecule has 1 N–H and O–H groups in total. The molecular weight excluding hydrogens is 364 g/mol. The average molecular weight is 377 g/mol. The molecular formula is C22H13F2NOS. The summed E-state index contributed by atoms with van der Waals surface area (Å²) in [7, 11) is 0. The van der Waals surface area contributed by atoms with Crippen LogP contribution in [0.4, 0.5) is 14.5 Å². The number of thiocarbonyl (C=S) groups is 1. The molecule has 0 fully saturated rings. The number of isothiocyanates is 1. The Hall–Kier alpha value is -3.32. The third-order valence-electron chi connectivity index (χ3n) is 3.94. The first-order valence-electron chi connectivity index (χ1n) is 7.97. The summed E-state index contributed by atoms with van der Waals surface area (Å²) >= 11 is 4.40. The number of phenolic OH excluding ortho intramolecular Hbond substituents is 1. The molecule has 0 atom stereocenters. The van der Waals surface area contributed by atoms with E-state index in [-0.39, 0.29) is 5.75 Å². The molecule has 3 aromatic rings. The van der Waals surface area contributed by atoms with Crippen molar-refractivity contribution in [2.75, 3.05) is 0 Å². The van der Waals surface area contributed by atoms with E-state index in [2.05, 4.69) is 29.1 Å². The molecule has 3 aromatic carbocycles. The topological polar surface area (TPSA) is 32.6 Å². The number of rotatable bonds is 2. The lowest BCUT2D eigenvalue weighted by atomic mass is 9.99. The Morgan fingerprint density at radius 3 is 2.15 bits per heavy atom. The maximum absolute atomic E-state index is 14.0. The highest BCUT2D eigenvalue weighted by Gasteiger charge is 2.12. The quantitative estimate of drug-likeness (QED) is 0.349. The molecule has 0 unspecified atom stereocenters. The van der Waals surface area contributed by atoms with Crippen molar-refractivity contribution in [1.82, 2.24) is 0 Å². The third-order valence-corrected chi connectivity index (χ3v) is 4.03. The van der Waals surface area contributed by atoms with Gasteiger partial charge in [-0.1, -0.05) is 24.0 Å². The van der Waals surface area contributed by atoms with Crippen molar-refractivity contribution in [2.45, 2.75) is 6.92 Å². The molecule has 0 heterocycles. The molecule has 132 valence electrons. The summed E-state index contributed by atoms with van der Waals surface area (Å²) in [5.41, 5.74) is 3.07. The van der Waals surface area contributed by atoms with Gasteiger partial charge in [0.15, 0.2) is 11.6 Å². The molecule has 5 heteroatoms. The van der Waals surface area contributed by atoms with Crippen LogP contribution in [0.5, 0.6) is 5.75 Å². The van der Waals surface area contributed by atoms with Crippen molar-refractivity contribution in [1.29, 1.82) is 0 Å². The number of aliphatic imine (C=N–C) groups is 1. The van der Waals surface area contributed by atoms with Crippen LogP contribution in [-0.4, -0.2) is 10.3 Å². The van der Waals surface area contributed by atoms with Crippen LogP contribution in [0.2, 0.25) is 0 Å². The molecule has 0 aliphatic heterocycles. The maximum Gasteiger partial charge on any atom is 0.153 e. The predicted octanol–water partition coefficient (Wildman–Crippen LogP) is 5.78. The fourth-order valence-corrected chi connectivity index (χ4v) is 2.64. The second-order valence-electron chi connectivity index (χ2n) is 5.82. The Kier molecular flexibility index (Phi) is 5.42. The molecule has 0 aromatic heterocycles. The lowest BCUT2D eigenvalue weighted by Crippen LogP contribution is -1.89. The van der Waals surface area contributed by atoms with Crippen LogP contribution in [0.1, 0.15) is 16.7 Å². The molecule has 0 saturated carbocycles. The van der Waals surface area contributed by atoms with Gasteiger partial charge in [0.2, 0.25) is 0 Å². The fourth-order valence-electron chi connectivity index (χ4n) is 2.55. The summed E-state index contributed by atoms with van der Waals surface area (Å²) in [6, 6.07) is 14.4. The van der Waals surface area contributed by atoms with E-state index in [4.69, 9.17) is 0 Å². The van der Waals surface area contributed by atoms with Crippen LogP contribution in [0.25, 0.3) is 11.1 Å². The minimum Gasteiger partial charge on any atom is -0.508 e. The van der Waals surface area contributed by atoms with Crippen LogP contribution >= 0.6 is 12.2 Å². The SMILES string of the molecule is Cc1cc(-c2cc(F)c(N=C=S)c(F)c2)ccc1C#Cc1ccc(O)cc1. The standard InChI is InChI=1S/C22H13F2NOS/c1-14-10-17(18-11-20(23)22(25-13-27)21(24)12-18)7-6-16(14)5-2-15-3-8-19(26)9-4-15/h3-4,6-12,26H,1H3. The van der Waals surface area contributed by atoms with Gasteiger partial charge in [0, 0.05) is 11.1 Å². The highest BCUT2D eigenvalue weighted by atomic mass is 32.1. The Labute approximate surface area is 160 Å². The number of hydrogen-bond donors (Lipinski definition) is 1. The Bertz CT molecular complexity index is 1100. The summed E-state index contributed by atoms with van der Waals surface area (Å²) in [6.45, 7) is 1.88. The zero-order valence-electron chi connectivity index (χ0n) is 14.3. The van der Waals surface area contributed by atoms with Gasteiger partial charge in [0.25, 0.3) is 0 Å². The smallest absolute Gasteiger partial charge is 0.153 e. The van der Waals surface area contributed by atoms with Crippen molar-refractivity contribution >= 4 is 23.1 Å². The summed E-state index contributed by atoms with van der Waals surface area (Å²) in [5, 5.41) is 11.3.